The van der Waals surface area contributed by atoms with E-state index in [2.05, 4.69) is 38.5 Å². The molecule has 2 aromatic carbocycles. The molecule has 1 unspecified atom stereocenters. The minimum Gasteiger partial charge on any atom is -0.388 e. The van der Waals surface area contributed by atoms with Crippen LogP contribution in [-0.2, 0) is 6.42 Å². The Morgan fingerprint density at radius 3 is 2.68 bits per heavy atom. The predicted octanol–water partition coefficient (Wildman–Crippen LogP) is 5.12. The van der Waals surface area contributed by atoms with Gasteiger partial charge in [0.15, 0.2) is 0 Å². The van der Waals surface area contributed by atoms with Gasteiger partial charge in [-0.25, -0.2) is 4.39 Å². The zero-order valence-electron chi connectivity index (χ0n) is 9.71. The number of hydrogen-bond acceptors (Lipinski definition) is 1. The Balaban J connectivity index is 2.22. The van der Waals surface area contributed by atoms with E-state index in [1.54, 1.807) is 6.07 Å². The summed E-state index contributed by atoms with van der Waals surface area (Å²) in [6.07, 6.45) is -0.350. The molecule has 0 aromatic heterocycles. The van der Waals surface area contributed by atoms with Gasteiger partial charge in [-0.3, -0.25) is 0 Å². The topological polar surface area (TPSA) is 20.2 Å². The largest absolute Gasteiger partial charge is 0.388 e. The van der Waals surface area contributed by atoms with Gasteiger partial charge in [0.05, 0.1) is 11.1 Å². The maximum absolute atomic E-state index is 13.4. The minimum absolute atomic E-state index is 0.0914. The third-order valence-corrected chi connectivity index (χ3v) is 4.43. The van der Waals surface area contributed by atoms with Crippen LogP contribution in [0.25, 0.3) is 0 Å². The molecule has 1 nitrogen and oxygen atoms in total. The fourth-order valence-corrected chi connectivity index (χ4v) is 2.91. The van der Waals surface area contributed by atoms with Crippen LogP contribution in [0.3, 0.4) is 0 Å². The lowest BCUT2D eigenvalue weighted by atomic mass is 10.0. The summed E-state index contributed by atoms with van der Waals surface area (Å²) in [5.74, 6) is -0.465. The Morgan fingerprint density at radius 2 is 2.00 bits per heavy atom. The Hall–Kier alpha value is -0.170. The monoisotopic (exact) mass is 454 g/mol. The van der Waals surface area contributed by atoms with Crippen LogP contribution in [0.1, 0.15) is 17.2 Å². The molecule has 2 aromatic rings. The van der Waals surface area contributed by atoms with Gasteiger partial charge in [0.1, 0.15) is 5.82 Å². The summed E-state index contributed by atoms with van der Waals surface area (Å²) in [7, 11) is 0. The van der Waals surface area contributed by atoms with Crippen molar-refractivity contribution in [2.24, 2.45) is 0 Å². The lowest BCUT2D eigenvalue weighted by Crippen LogP contribution is -2.03. The van der Waals surface area contributed by atoms with E-state index < -0.39 is 11.9 Å². The molecule has 0 aliphatic carbocycles. The molecule has 0 heterocycles. The molecule has 0 amide bonds. The number of halogens is 4. The van der Waals surface area contributed by atoms with Gasteiger partial charge in [-0.1, -0.05) is 33.6 Å². The van der Waals surface area contributed by atoms with Gasteiger partial charge in [-0.2, -0.15) is 0 Å². The number of benzene rings is 2. The lowest BCUT2D eigenvalue weighted by molar-refractivity contribution is 0.177. The highest BCUT2D eigenvalue weighted by Gasteiger charge is 2.13. The molecule has 0 bridgehead atoms. The van der Waals surface area contributed by atoms with Crippen molar-refractivity contribution in [3.05, 3.63) is 66.4 Å². The third-order valence-electron chi connectivity index (χ3n) is 2.73. The maximum Gasteiger partial charge on any atom is 0.142 e. The highest BCUT2D eigenvalue weighted by atomic mass is 127. The van der Waals surface area contributed by atoms with Gasteiger partial charge >= 0.3 is 0 Å². The van der Waals surface area contributed by atoms with Crippen molar-refractivity contribution in [3.63, 3.8) is 0 Å². The van der Waals surface area contributed by atoms with Gasteiger partial charge in [0, 0.05) is 14.5 Å². The molecule has 0 aliphatic heterocycles. The van der Waals surface area contributed by atoms with Crippen molar-refractivity contribution < 1.29 is 9.50 Å². The van der Waals surface area contributed by atoms with Crippen LogP contribution < -0.4 is 0 Å². The van der Waals surface area contributed by atoms with Crippen LogP contribution in [0.4, 0.5) is 4.39 Å². The smallest absolute Gasteiger partial charge is 0.142 e. The first-order chi connectivity index (χ1) is 8.97. The number of hydrogen-bond donors (Lipinski definition) is 1. The van der Waals surface area contributed by atoms with E-state index in [4.69, 9.17) is 11.6 Å². The summed E-state index contributed by atoms with van der Waals surface area (Å²) >= 11 is 11.2. The van der Waals surface area contributed by atoms with Crippen LogP contribution >= 0.6 is 50.1 Å². The van der Waals surface area contributed by atoms with E-state index in [1.807, 2.05) is 18.2 Å². The summed E-state index contributed by atoms with van der Waals surface area (Å²) in [4.78, 5) is 0. The van der Waals surface area contributed by atoms with E-state index in [-0.39, 0.29) is 5.02 Å². The van der Waals surface area contributed by atoms with Gasteiger partial charge in [0.2, 0.25) is 0 Å². The van der Waals surface area contributed by atoms with Crippen LogP contribution in [0.5, 0.6) is 0 Å². The summed E-state index contributed by atoms with van der Waals surface area (Å²) in [6.45, 7) is 0. The molecule has 5 heteroatoms. The summed E-state index contributed by atoms with van der Waals surface area (Å²) in [5, 5.41) is 10.3. The molecule has 1 atom stereocenters. The van der Waals surface area contributed by atoms with Crippen LogP contribution in [0.2, 0.25) is 5.02 Å². The Bertz CT molecular complexity index is 606. The summed E-state index contributed by atoms with van der Waals surface area (Å²) in [6, 6.07) is 10.3. The first-order valence-electron chi connectivity index (χ1n) is 5.54. The van der Waals surface area contributed by atoms with E-state index in [0.29, 0.717) is 12.0 Å². The molecule has 0 saturated heterocycles. The first kappa shape index (κ1) is 15.2. The first-order valence-corrected chi connectivity index (χ1v) is 7.79. The van der Waals surface area contributed by atoms with E-state index in [0.717, 1.165) is 13.6 Å². The second-order valence-corrected chi connectivity index (χ2v) is 6.64. The SMILES string of the molecule is OC(Cc1ccc(Cl)c(F)c1)c1cc(I)ccc1Br. The molecular formula is C14H10BrClFIO. The van der Waals surface area contributed by atoms with Gasteiger partial charge < -0.3 is 5.11 Å². The molecule has 0 fully saturated rings. The second kappa shape index (κ2) is 6.52. The Labute approximate surface area is 138 Å². The normalized spacial score (nSPS) is 12.5. The van der Waals surface area contributed by atoms with Crippen LogP contribution in [0.15, 0.2) is 40.9 Å². The maximum atomic E-state index is 13.4. The Morgan fingerprint density at radius 1 is 1.26 bits per heavy atom. The van der Waals surface area contributed by atoms with Crippen molar-refractivity contribution >= 4 is 50.1 Å². The van der Waals surface area contributed by atoms with Crippen molar-refractivity contribution in [3.8, 4) is 0 Å². The van der Waals surface area contributed by atoms with Crippen molar-refractivity contribution in [2.45, 2.75) is 12.5 Å². The van der Waals surface area contributed by atoms with Crippen molar-refractivity contribution in [2.75, 3.05) is 0 Å². The number of aliphatic hydroxyl groups excluding tert-OH is 1. The second-order valence-electron chi connectivity index (χ2n) is 4.13. The average molecular weight is 455 g/mol. The van der Waals surface area contributed by atoms with E-state index in [1.165, 1.54) is 12.1 Å². The molecule has 0 aliphatic rings. The molecule has 0 saturated carbocycles. The molecular weight excluding hydrogens is 445 g/mol. The van der Waals surface area contributed by atoms with Crippen molar-refractivity contribution in [1.29, 1.82) is 0 Å². The Kier molecular flexibility index (Phi) is 5.22. The minimum atomic E-state index is -0.690. The highest BCUT2D eigenvalue weighted by molar-refractivity contribution is 14.1. The van der Waals surface area contributed by atoms with Crippen LogP contribution in [0, 0.1) is 9.39 Å². The molecule has 1 N–H and O–H groups in total. The molecule has 0 radical (unpaired) electrons. The number of rotatable bonds is 3. The van der Waals surface area contributed by atoms with Crippen LogP contribution in [-0.4, -0.2) is 5.11 Å². The molecule has 19 heavy (non-hydrogen) atoms. The fraction of sp³-hybridized carbons (Fsp3) is 0.143. The fourth-order valence-electron chi connectivity index (χ4n) is 1.77. The average Bonchev–Trinajstić information content (AvgIpc) is 2.36. The molecule has 0 spiro atoms. The zero-order valence-corrected chi connectivity index (χ0v) is 14.2. The highest BCUT2D eigenvalue weighted by Crippen LogP contribution is 2.28. The lowest BCUT2D eigenvalue weighted by Gasteiger charge is -2.13. The third kappa shape index (κ3) is 3.90. The van der Waals surface area contributed by atoms with Gasteiger partial charge in [0.25, 0.3) is 0 Å². The van der Waals surface area contributed by atoms with E-state index in [9.17, 15) is 9.50 Å². The summed E-state index contributed by atoms with van der Waals surface area (Å²) < 4.78 is 15.2. The van der Waals surface area contributed by atoms with Gasteiger partial charge in [-0.05, 0) is 64.0 Å². The zero-order chi connectivity index (χ0) is 14.0. The summed E-state index contributed by atoms with van der Waals surface area (Å²) in [5.41, 5.74) is 1.50. The molecule has 100 valence electrons. The van der Waals surface area contributed by atoms with Gasteiger partial charge in [-0.15, -0.1) is 0 Å². The van der Waals surface area contributed by atoms with E-state index >= 15 is 0 Å². The standard InChI is InChI=1S/C14H10BrClFIO/c15-11-3-2-9(18)7-10(11)14(19)6-8-1-4-12(16)13(17)5-8/h1-5,7,14,19H,6H2. The number of aliphatic hydroxyl groups is 1. The molecule has 2 rings (SSSR count). The predicted molar refractivity (Wildman–Crippen MR) is 86.9 cm³/mol. The van der Waals surface area contributed by atoms with Crippen molar-refractivity contribution in [1.82, 2.24) is 0 Å². The quantitative estimate of drug-likeness (QED) is 0.637.